The van der Waals surface area contributed by atoms with Crippen molar-refractivity contribution in [3.8, 4) is 11.8 Å². The van der Waals surface area contributed by atoms with Gasteiger partial charge in [0.05, 0.1) is 11.0 Å². The predicted molar refractivity (Wildman–Crippen MR) is 108 cm³/mol. The Labute approximate surface area is 172 Å². The Balaban J connectivity index is 1.71. The molecule has 3 aromatic rings. The first kappa shape index (κ1) is 20.2. The molecular formula is C21H18ClN3O4. The van der Waals surface area contributed by atoms with Gasteiger partial charge in [0.2, 0.25) is 0 Å². The molecule has 148 valence electrons. The topological polar surface area (TPSA) is 108 Å². The number of carbonyl (C=O) groups is 1. The number of benzene rings is 2. The number of aliphatic hydroxyl groups is 1. The lowest BCUT2D eigenvalue weighted by molar-refractivity contribution is -0.158. The van der Waals surface area contributed by atoms with E-state index >= 15 is 0 Å². The van der Waals surface area contributed by atoms with E-state index in [-0.39, 0.29) is 11.4 Å². The number of nitrogens with one attached hydrogen (secondary N) is 1. The summed E-state index contributed by atoms with van der Waals surface area (Å²) in [6.07, 6.45) is 0. The maximum atomic E-state index is 12.4. The van der Waals surface area contributed by atoms with E-state index in [1.165, 1.54) is 13.8 Å². The summed E-state index contributed by atoms with van der Waals surface area (Å²) >= 11 is 5.84. The number of hydrogen-bond donors (Lipinski definition) is 2. The molecule has 1 aromatic heterocycles. The molecule has 0 amide bonds. The third-order valence-electron chi connectivity index (χ3n) is 4.04. The van der Waals surface area contributed by atoms with Gasteiger partial charge in [-0.1, -0.05) is 23.7 Å². The zero-order valence-electron chi connectivity index (χ0n) is 15.8. The van der Waals surface area contributed by atoms with Crippen molar-refractivity contribution in [2.24, 2.45) is 0 Å². The number of nitriles is 1. The molecule has 0 spiro atoms. The number of aromatic nitrogens is 2. The summed E-state index contributed by atoms with van der Waals surface area (Å²) in [6, 6.07) is 15.6. The van der Waals surface area contributed by atoms with Crippen LogP contribution in [0.25, 0.3) is 16.6 Å². The molecule has 0 fully saturated rings. The number of aromatic amines is 1. The molecule has 1 heterocycles. The van der Waals surface area contributed by atoms with Gasteiger partial charge in [-0.25, -0.2) is 9.78 Å². The second-order valence-electron chi connectivity index (χ2n) is 6.68. The van der Waals surface area contributed by atoms with Crippen molar-refractivity contribution in [2.45, 2.75) is 19.4 Å². The van der Waals surface area contributed by atoms with E-state index in [1.54, 1.807) is 36.4 Å². The Bertz CT molecular complexity index is 1080. The first-order valence-electron chi connectivity index (χ1n) is 8.69. The first-order valence-corrected chi connectivity index (χ1v) is 9.07. The van der Waals surface area contributed by atoms with Crippen LogP contribution in [0.15, 0.2) is 54.3 Å². The Morgan fingerprint density at radius 2 is 1.93 bits per heavy atom. The van der Waals surface area contributed by atoms with Crippen LogP contribution in [-0.2, 0) is 9.53 Å². The Morgan fingerprint density at radius 1 is 1.24 bits per heavy atom. The molecule has 0 saturated carbocycles. The molecule has 8 heteroatoms. The zero-order valence-corrected chi connectivity index (χ0v) is 16.5. The lowest BCUT2D eigenvalue weighted by Gasteiger charge is -2.24. The van der Waals surface area contributed by atoms with Crippen molar-refractivity contribution >= 4 is 34.2 Å². The molecule has 7 nitrogen and oxygen atoms in total. The molecular weight excluding hydrogens is 394 g/mol. The largest absolute Gasteiger partial charge is 0.507 e. The molecule has 29 heavy (non-hydrogen) atoms. The minimum atomic E-state index is -1.32. The number of para-hydroxylation sites is 2. The summed E-state index contributed by atoms with van der Waals surface area (Å²) in [7, 11) is 0. The van der Waals surface area contributed by atoms with Gasteiger partial charge in [0.1, 0.15) is 24.0 Å². The van der Waals surface area contributed by atoms with E-state index < -0.39 is 23.9 Å². The molecule has 0 bridgehead atoms. The van der Waals surface area contributed by atoms with E-state index in [2.05, 4.69) is 9.97 Å². The van der Waals surface area contributed by atoms with Crippen LogP contribution in [0.5, 0.6) is 5.75 Å². The maximum Gasteiger partial charge on any atom is 0.350 e. The number of halogens is 1. The minimum Gasteiger partial charge on any atom is -0.507 e. The summed E-state index contributed by atoms with van der Waals surface area (Å²) in [5.74, 6) is -0.488. The standard InChI is InChI=1S/C21H18ClN3O4/c1-21(2,29-14-9-7-13(22)8-10-14)20(27)28-12-18(26)15(11-23)19-24-16-5-3-4-6-17(16)25-19/h3-10,26H,12H2,1-2H3,(H,24,25)/b18-15-. The van der Waals surface area contributed by atoms with Gasteiger partial charge in [0, 0.05) is 5.02 Å². The smallest absolute Gasteiger partial charge is 0.350 e. The number of aliphatic hydroxyl groups excluding tert-OH is 1. The zero-order chi connectivity index (χ0) is 21.0. The van der Waals surface area contributed by atoms with Gasteiger partial charge in [0.25, 0.3) is 0 Å². The summed E-state index contributed by atoms with van der Waals surface area (Å²) in [5.41, 5.74) is -0.0548. The first-order chi connectivity index (χ1) is 13.8. The Hall–Kier alpha value is -3.50. The molecule has 0 unspecified atom stereocenters. The summed E-state index contributed by atoms with van der Waals surface area (Å²) in [5, 5.41) is 20.2. The number of imidazole rings is 1. The number of ether oxygens (including phenoxy) is 2. The average molecular weight is 412 g/mol. The fraction of sp³-hybridized carbons (Fsp3) is 0.190. The van der Waals surface area contributed by atoms with E-state index in [0.29, 0.717) is 16.3 Å². The SMILES string of the molecule is CC(C)(Oc1ccc(Cl)cc1)C(=O)OC/C(O)=C(\C#N)c1nc2ccccc2[nH]1. The number of H-pyrrole nitrogens is 1. The van der Waals surface area contributed by atoms with Gasteiger partial charge in [-0.15, -0.1) is 0 Å². The van der Waals surface area contributed by atoms with E-state index in [0.717, 1.165) is 5.52 Å². The van der Waals surface area contributed by atoms with Crippen molar-refractivity contribution in [2.75, 3.05) is 6.61 Å². The van der Waals surface area contributed by atoms with Crippen molar-refractivity contribution < 1.29 is 19.4 Å². The van der Waals surface area contributed by atoms with Crippen LogP contribution in [0.4, 0.5) is 0 Å². The highest BCUT2D eigenvalue weighted by Gasteiger charge is 2.32. The second kappa shape index (κ2) is 8.25. The van der Waals surface area contributed by atoms with Crippen molar-refractivity contribution in [1.82, 2.24) is 9.97 Å². The summed E-state index contributed by atoms with van der Waals surface area (Å²) in [4.78, 5) is 19.6. The highest BCUT2D eigenvalue weighted by atomic mass is 35.5. The normalized spacial score (nSPS) is 12.2. The monoisotopic (exact) mass is 411 g/mol. The van der Waals surface area contributed by atoms with Crippen molar-refractivity contribution in [3.05, 3.63) is 65.1 Å². The third-order valence-corrected chi connectivity index (χ3v) is 4.30. The van der Waals surface area contributed by atoms with Crippen LogP contribution < -0.4 is 4.74 Å². The molecule has 0 aliphatic rings. The Kier molecular flexibility index (Phi) is 5.76. The second-order valence-corrected chi connectivity index (χ2v) is 7.11. The van der Waals surface area contributed by atoms with Gasteiger partial charge < -0.3 is 19.6 Å². The number of esters is 1. The molecule has 2 N–H and O–H groups in total. The molecule has 2 aromatic carbocycles. The number of allylic oxidation sites excluding steroid dienone is 1. The number of fused-ring (bicyclic) bond motifs is 1. The van der Waals surface area contributed by atoms with E-state index in [4.69, 9.17) is 21.1 Å². The quantitative estimate of drug-likeness (QED) is 0.353. The van der Waals surface area contributed by atoms with Crippen LogP contribution >= 0.6 is 11.6 Å². The average Bonchev–Trinajstić information content (AvgIpc) is 3.11. The van der Waals surface area contributed by atoms with Gasteiger partial charge in [-0.2, -0.15) is 5.26 Å². The highest BCUT2D eigenvalue weighted by Crippen LogP contribution is 2.23. The summed E-state index contributed by atoms with van der Waals surface area (Å²) < 4.78 is 10.8. The number of rotatable bonds is 6. The van der Waals surface area contributed by atoms with Crippen LogP contribution in [0, 0.1) is 11.3 Å². The minimum absolute atomic E-state index is 0.106. The molecule has 3 rings (SSSR count). The van der Waals surface area contributed by atoms with Gasteiger partial charge in [-0.05, 0) is 50.2 Å². The maximum absolute atomic E-state index is 12.4. The highest BCUT2D eigenvalue weighted by molar-refractivity contribution is 6.30. The number of nitrogens with zero attached hydrogens (tertiary/aromatic N) is 2. The molecule has 0 saturated heterocycles. The fourth-order valence-corrected chi connectivity index (χ4v) is 2.67. The van der Waals surface area contributed by atoms with E-state index in [9.17, 15) is 15.2 Å². The molecule has 0 aliphatic carbocycles. The van der Waals surface area contributed by atoms with Crippen molar-refractivity contribution in [1.29, 1.82) is 5.26 Å². The summed E-state index contributed by atoms with van der Waals surface area (Å²) in [6.45, 7) is 2.58. The van der Waals surface area contributed by atoms with Crippen LogP contribution in [0.1, 0.15) is 19.7 Å². The molecule has 0 aliphatic heterocycles. The van der Waals surface area contributed by atoms with Gasteiger partial charge in [0.15, 0.2) is 17.2 Å². The number of hydrogen-bond acceptors (Lipinski definition) is 6. The lowest BCUT2D eigenvalue weighted by Crippen LogP contribution is -2.40. The fourth-order valence-electron chi connectivity index (χ4n) is 2.54. The molecule has 0 radical (unpaired) electrons. The van der Waals surface area contributed by atoms with Crippen LogP contribution in [0.2, 0.25) is 5.02 Å². The van der Waals surface area contributed by atoms with Gasteiger partial charge >= 0.3 is 5.97 Å². The van der Waals surface area contributed by atoms with Crippen molar-refractivity contribution in [3.63, 3.8) is 0 Å². The Morgan fingerprint density at radius 3 is 2.59 bits per heavy atom. The third kappa shape index (κ3) is 4.68. The van der Waals surface area contributed by atoms with E-state index in [1.807, 2.05) is 18.2 Å². The van der Waals surface area contributed by atoms with Crippen LogP contribution in [-0.4, -0.2) is 33.3 Å². The lowest BCUT2D eigenvalue weighted by atomic mass is 10.1. The predicted octanol–water partition coefficient (Wildman–Crippen LogP) is 4.41. The van der Waals surface area contributed by atoms with Crippen LogP contribution in [0.3, 0.4) is 0 Å². The number of carbonyl (C=O) groups excluding carboxylic acids is 1. The van der Waals surface area contributed by atoms with Gasteiger partial charge in [-0.3, -0.25) is 0 Å². The molecule has 0 atom stereocenters.